The molecule has 0 radical (unpaired) electrons. The van der Waals surface area contributed by atoms with Gasteiger partial charge in [-0.15, -0.1) is 6.42 Å². The third-order valence-corrected chi connectivity index (χ3v) is 4.37. The summed E-state index contributed by atoms with van der Waals surface area (Å²) in [6.07, 6.45) is 5.12. The molecule has 1 saturated heterocycles. The SMILES string of the molecule is C#CCN1CC(=O)N(COC(=O)[C@@H]2[C@@H](C)C2(C)C)C1=O. The standard InChI is InChI=1S/C14H18N2O4/c1-5-6-15-7-10(17)16(13(15)19)8-20-12(18)11-9(2)14(11,3)4/h1,9,11H,6-8H2,2-4H3/t9-,11+/m1/s1. The number of nitrogens with zero attached hydrogens (tertiary/aromatic N) is 2. The van der Waals surface area contributed by atoms with E-state index in [4.69, 9.17) is 11.2 Å². The number of ether oxygens (including phenoxy) is 1. The highest BCUT2D eigenvalue weighted by Gasteiger charge is 2.60. The number of hydrogen-bond donors (Lipinski definition) is 0. The number of rotatable bonds is 4. The van der Waals surface area contributed by atoms with Crippen LogP contribution in [0.5, 0.6) is 0 Å². The zero-order valence-electron chi connectivity index (χ0n) is 11.9. The van der Waals surface area contributed by atoms with Crippen molar-refractivity contribution < 1.29 is 19.1 Å². The van der Waals surface area contributed by atoms with Gasteiger partial charge in [0, 0.05) is 0 Å². The summed E-state index contributed by atoms with van der Waals surface area (Å²) in [5.41, 5.74) is -0.0778. The van der Waals surface area contributed by atoms with Crippen LogP contribution in [0.25, 0.3) is 0 Å². The molecule has 0 bridgehead atoms. The monoisotopic (exact) mass is 278 g/mol. The van der Waals surface area contributed by atoms with Crippen molar-refractivity contribution in [1.29, 1.82) is 0 Å². The minimum atomic E-state index is -0.510. The molecule has 2 aliphatic rings. The Kier molecular flexibility index (Phi) is 3.46. The van der Waals surface area contributed by atoms with Crippen LogP contribution in [0.15, 0.2) is 0 Å². The summed E-state index contributed by atoms with van der Waals surface area (Å²) >= 11 is 0. The number of carbonyl (C=O) groups is 3. The van der Waals surface area contributed by atoms with Crippen LogP contribution in [0.4, 0.5) is 4.79 Å². The number of imide groups is 1. The van der Waals surface area contributed by atoms with Crippen molar-refractivity contribution in [3.8, 4) is 12.3 Å². The normalized spacial score (nSPS) is 27.5. The number of carbonyl (C=O) groups excluding carboxylic acids is 3. The fourth-order valence-electron chi connectivity index (χ4n) is 2.57. The van der Waals surface area contributed by atoms with E-state index in [9.17, 15) is 14.4 Å². The highest BCUT2D eigenvalue weighted by Crippen LogP contribution is 2.58. The van der Waals surface area contributed by atoms with Gasteiger partial charge in [-0.25, -0.2) is 9.69 Å². The predicted molar refractivity (Wildman–Crippen MR) is 70.0 cm³/mol. The molecule has 1 saturated carbocycles. The van der Waals surface area contributed by atoms with Gasteiger partial charge >= 0.3 is 12.0 Å². The highest BCUT2D eigenvalue weighted by atomic mass is 16.5. The van der Waals surface area contributed by atoms with Crippen molar-refractivity contribution in [3.63, 3.8) is 0 Å². The molecule has 0 spiro atoms. The van der Waals surface area contributed by atoms with Crippen molar-refractivity contribution in [2.24, 2.45) is 17.3 Å². The van der Waals surface area contributed by atoms with Gasteiger partial charge in [0.2, 0.25) is 0 Å². The smallest absolute Gasteiger partial charge is 0.330 e. The van der Waals surface area contributed by atoms with Gasteiger partial charge in [0.05, 0.1) is 12.5 Å². The van der Waals surface area contributed by atoms with E-state index in [2.05, 4.69) is 5.92 Å². The lowest BCUT2D eigenvalue weighted by atomic mass is 10.1. The van der Waals surface area contributed by atoms with Crippen molar-refractivity contribution in [1.82, 2.24) is 9.80 Å². The van der Waals surface area contributed by atoms with E-state index >= 15 is 0 Å². The molecular formula is C14H18N2O4. The molecule has 2 atom stereocenters. The molecule has 3 amide bonds. The van der Waals surface area contributed by atoms with E-state index in [1.165, 1.54) is 4.90 Å². The van der Waals surface area contributed by atoms with Gasteiger partial charge in [0.1, 0.15) is 6.54 Å². The summed E-state index contributed by atoms with van der Waals surface area (Å²) in [7, 11) is 0. The van der Waals surface area contributed by atoms with Crippen LogP contribution in [0.2, 0.25) is 0 Å². The molecule has 20 heavy (non-hydrogen) atoms. The van der Waals surface area contributed by atoms with E-state index in [1.807, 2.05) is 20.8 Å². The summed E-state index contributed by atoms with van der Waals surface area (Å²) < 4.78 is 5.09. The van der Waals surface area contributed by atoms with E-state index in [0.717, 1.165) is 4.90 Å². The average molecular weight is 278 g/mol. The Labute approximate surface area is 118 Å². The summed E-state index contributed by atoms with van der Waals surface area (Å²) in [6.45, 7) is 5.63. The van der Waals surface area contributed by atoms with Crippen LogP contribution in [-0.2, 0) is 14.3 Å². The Morgan fingerprint density at radius 3 is 2.60 bits per heavy atom. The zero-order chi connectivity index (χ0) is 15.1. The quantitative estimate of drug-likeness (QED) is 0.431. The molecule has 1 aliphatic heterocycles. The zero-order valence-corrected chi connectivity index (χ0v) is 11.9. The second-order valence-electron chi connectivity index (χ2n) is 5.84. The molecule has 108 valence electrons. The van der Waals surface area contributed by atoms with Crippen LogP contribution < -0.4 is 0 Å². The fourth-order valence-corrected chi connectivity index (χ4v) is 2.57. The van der Waals surface area contributed by atoms with Crippen LogP contribution in [0.1, 0.15) is 20.8 Å². The van der Waals surface area contributed by atoms with Crippen molar-refractivity contribution in [2.75, 3.05) is 19.8 Å². The molecule has 0 N–H and O–H groups in total. The van der Waals surface area contributed by atoms with E-state index in [-0.39, 0.29) is 43.0 Å². The molecule has 2 fully saturated rings. The van der Waals surface area contributed by atoms with Gasteiger partial charge in [-0.1, -0.05) is 26.7 Å². The molecule has 6 heteroatoms. The first-order valence-corrected chi connectivity index (χ1v) is 6.50. The number of hydrogen-bond acceptors (Lipinski definition) is 4. The fraction of sp³-hybridized carbons (Fsp3) is 0.643. The molecule has 2 rings (SSSR count). The molecule has 0 aromatic heterocycles. The maximum absolute atomic E-state index is 11.9. The summed E-state index contributed by atoms with van der Waals surface area (Å²) in [5, 5.41) is 0. The number of esters is 1. The molecule has 0 aromatic carbocycles. The van der Waals surface area contributed by atoms with Crippen molar-refractivity contribution in [3.05, 3.63) is 0 Å². The van der Waals surface area contributed by atoms with Gasteiger partial charge in [-0.05, 0) is 11.3 Å². The Bertz CT molecular complexity index is 506. The van der Waals surface area contributed by atoms with Gasteiger partial charge < -0.3 is 9.64 Å². The largest absolute Gasteiger partial charge is 0.443 e. The summed E-state index contributed by atoms with van der Waals surface area (Å²) in [4.78, 5) is 37.5. The summed E-state index contributed by atoms with van der Waals surface area (Å²) in [6, 6.07) is -0.510. The number of amides is 3. The average Bonchev–Trinajstić information content (AvgIpc) is 2.74. The molecular weight excluding hydrogens is 260 g/mol. The summed E-state index contributed by atoms with van der Waals surface area (Å²) in [5.74, 6) is 1.62. The maximum atomic E-state index is 11.9. The molecule has 0 unspecified atom stereocenters. The van der Waals surface area contributed by atoms with Crippen molar-refractivity contribution >= 4 is 17.9 Å². The van der Waals surface area contributed by atoms with E-state index < -0.39 is 11.9 Å². The van der Waals surface area contributed by atoms with Gasteiger partial charge in [0.25, 0.3) is 5.91 Å². The first-order chi connectivity index (χ1) is 9.30. The Balaban J connectivity index is 1.89. The number of urea groups is 1. The van der Waals surface area contributed by atoms with Crippen LogP contribution in [0, 0.1) is 29.6 Å². The van der Waals surface area contributed by atoms with Gasteiger partial charge in [-0.2, -0.15) is 0 Å². The second-order valence-corrected chi connectivity index (χ2v) is 5.84. The minimum Gasteiger partial charge on any atom is -0.443 e. The molecule has 1 aliphatic carbocycles. The third kappa shape index (κ3) is 2.24. The maximum Gasteiger partial charge on any atom is 0.330 e. The van der Waals surface area contributed by atoms with Gasteiger partial charge in [-0.3, -0.25) is 9.59 Å². The topological polar surface area (TPSA) is 66.9 Å². The Morgan fingerprint density at radius 1 is 1.50 bits per heavy atom. The molecule has 0 aromatic rings. The van der Waals surface area contributed by atoms with Crippen LogP contribution in [0.3, 0.4) is 0 Å². The Hall–Kier alpha value is -2.03. The third-order valence-electron chi connectivity index (χ3n) is 4.37. The second kappa shape index (κ2) is 4.82. The highest BCUT2D eigenvalue weighted by molar-refractivity contribution is 6.02. The molecule has 1 heterocycles. The lowest BCUT2D eigenvalue weighted by Gasteiger charge is -2.15. The van der Waals surface area contributed by atoms with E-state index in [0.29, 0.717) is 0 Å². The van der Waals surface area contributed by atoms with Gasteiger partial charge in [0.15, 0.2) is 6.73 Å². The first-order valence-electron chi connectivity index (χ1n) is 6.50. The van der Waals surface area contributed by atoms with Crippen LogP contribution >= 0.6 is 0 Å². The number of terminal acetylenes is 1. The molecule has 6 nitrogen and oxygen atoms in total. The van der Waals surface area contributed by atoms with E-state index in [1.54, 1.807) is 0 Å². The van der Waals surface area contributed by atoms with Crippen LogP contribution in [-0.4, -0.2) is 47.5 Å². The Morgan fingerprint density at radius 2 is 2.10 bits per heavy atom. The van der Waals surface area contributed by atoms with Crippen molar-refractivity contribution in [2.45, 2.75) is 20.8 Å². The minimum absolute atomic E-state index is 0.0636. The lowest BCUT2D eigenvalue weighted by Crippen LogP contribution is -2.36. The first kappa shape index (κ1) is 14.4. The predicted octanol–water partition coefficient (Wildman–Crippen LogP) is 0.677. The lowest BCUT2D eigenvalue weighted by molar-refractivity contribution is -0.151.